The fraction of sp³-hybridized carbons (Fsp3) is 0.522. The van der Waals surface area contributed by atoms with Crippen LogP contribution in [0.1, 0.15) is 45.1 Å². The number of carbonyl (C=O) groups is 3. The van der Waals surface area contributed by atoms with Crippen molar-refractivity contribution in [2.45, 2.75) is 39.5 Å². The van der Waals surface area contributed by atoms with Gasteiger partial charge in [-0.1, -0.05) is 19.9 Å². The fourth-order valence-electron chi connectivity index (χ4n) is 3.12. The van der Waals surface area contributed by atoms with Crippen molar-refractivity contribution in [3.05, 3.63) is 40.0 Å². The summed E-state index contributed by atoms with van der Waals surface area (Å²) in [5, 5.41) is 20.8. The highest BCUT2D eigenvalue weighted by Crippen LogP contribution is 2.28. The molecule has 0 fully saturated rings. The molecule has 0 saturated heterocycles. The summed E-state index contributed by atoms with van der Waals surface area (Å²) < 4.78 is 15.5. The van der Waals surface area contributed by atoms with E-state index in [1.54, 1.807) is 12.1 Å². The Balaban J connectivity index is 2.57. The summed E-state index contributed by atoms with van der Waals surface area (Å²) >= 11 is 0. The van der Waals surface area contributed by atoms with Crippen LogP contribution in [0, 0.1) is 22.0 Å². The smallest absolute Gasteiger partial charge is 0.412 e. The molecule has 0 aliphatic carbocycles. The highest BCUT2D eigenvalue weighted by molar-refractivity contribution is 5.87. The lowest BCUT2D eigenvalue weighted by molar-refractivity contribution is -0.757. The van der Waals surface area contributed by atoms with Gasteiger partial charge in [-0.3, -0.25) is 4.79 Å². The highest BCUT2D eigenvalue weighted by Gasteiger charge is 2.17. The topological polar surface area (TPSA) is 164 Å². The van der Waals surface area contributed by atoms with E-state index in [2.05, 4.69) is 10.2 Å². The Morgan fingerprint density at radius 3 is 2.51 bits per heavy atom. The maximum atomic E-state index is 12.2. The second kappa shape index (κ2) is 15.9. The second-order valence-electron chi connectivity index (χ2n) is 8.04. The van der Waals surface area contributed by atoms with Crippen molar-refractivity contribution in [1.82, 2.24) is 5.32 Å². The van der Waals surface area contributed by atoms with Crippen LogP contribution in [0.2, 0.25) is 0 Å². The van der Waals surface area contributed by atoms with Crippen molar-refractivity contribution in [2.24, 2.45) is 11.8 Å². The number of carboxylic acids is 1. The first-order valence-electron chi connectivity index (χ1n) is 11.1. The van der Waals surface area contributed by atoms with E-state index >= 15 is 0 Å². The SMILES string of the molecule is COc1cc(C=CC(=O)OCCCCO[N+](=O)[O-])ccc1OC(=O)NCC(CC(=O)O)CC(C)C. The van der Waals surface area contributed by atoms with E-state index in [0.717, 1.165) is 0 Å². The molecule has 0 aliphatic rings. The lowest BCUT2D eigenvalue weighted by Gasteiger charge is -2.18. The van der Waals surface area contributed by atoms with Crippen molar-refractivity contribution in [3.63, 3.8) is 0 Å². The van der Waals surface area contributed by atoms with Crippen LogP contribution in [0.25, 0.3) is 6.08 Å². The minimum Gasteiger partial charge on any atom is -0.493 e. The summed E-state index contributed by atoms with van der Waals surface area (Å²) in [6.07, 6.45) is 3.36. The Bertz CT molecular complexity index is 885. The molecule has 0 heterocycles. The first kappa shape index (κ1) is 29.2. The minimum absolute atomic E-state index is 0.0543. The molecule has 1 aromatic carbocycles. The van der Waals surface area contributed by atoms with E-state index in [1.165, 1.54) is 25.3 Å². The van der Waals surface area contributed by atoms with Crippen molar-refractivity contribution in [2.75, 3.05) is 26.9 Å². The molecule has 194 valence electrons. The van der Waals surface area contributed by atoms with Gasteiger partial charge in [0.05, 0.1) is 20.3 Å². The monoisotopic (exact) mass is 496 g/mol. The molecule has 1 unspecified atom stereocenters. The van der Waals surface area contributed by atoms with E-state index < -0.39 is 23.1 Å². The quantitative estimate of drug-likeness (QED) is 0.114. The number of carboxylic acid groups (broad SMARTS) is 1. The molecule has 35 heavy (non-hydrogen) atoms. The molecule has 1 rings (SSSR count). The number of carbonyl (C=O) groups excluding carboxylic acids is 2. The van der Waals surface area contributed by atoms with Crippen LogP contribution in [0.4, 0.5) is 4.79 Å². The Kier molecular flexibility index (Phi) is 13.3. The van der Waals surface area contributed by atoms with Gasteiger partial charge in [0.2, 0.25) is 0 Å². The van der Waals surface area contributed by atoms with E-state index in [0.29, 0.717) is 24.8 Å². The predicted molar refractivity (Wildman–Crippen MR) is 124 cm³/mol. The third-order valence-electron chi connectivity index (χ3n) is 4.59. The van der Waals surface area contributed by atoms with Crippen LogP contribution in [-0.4, -0.2) is 55.1 Å². The molecule has 0 aliphatic heterocycles. The molecule has 0 bridgehead atoms. The number of rotatable bonds is 16. The summed E-state index contributed by atoms with van der Waals surface area (Å²) in [6, 6.07) is 4.67. The minimum atomic E-state index is -0.928. The summed E-state index contributed by atoms with van der Waals surface area (Å²) in [5.41, 5.74) is 0.587. The molecule has 2 N–H and O–H groups in total. The second-order valence-corrected chi connectivity index (χ2v) is 8.04. The molecule has 1 atom stereocenters. The van der Waals surface area contributed by atoms with Crippen molar-refractivity contribution >= 4 is 24.1 Å². The molecular weight excluding hydrogens is 464 g/mol. The molecule has 12 nitrogen and oxygen atoms in total. The molecule has 0 aromatic heterocycles. The zero-order chi connectivity index (χ0) is 26.2. The third kappa shape index (κ3) is 13.5. The van der Waals surface area contributed by atoms with Gasteiger partial charge in [-0.05, 0) is 54.9 Å². The van der Waals surface area contributed by atoms with Crippen LogP contribution in [0.3, 0.4) is 0 Å². The average molecular weight is 497 g/mol. The number of nitrogens with one attached hydrogen (secondary N) is 1. The van der Waals surface area contributed by atoms with E-state index in [4.69, 9.17) is 19.3 Å². The van der Waals surface area contributed by atoms with Gasteiger partial charge in [-0.15, -0.1) is 10.1 Å². The number of methoxy groups -OCH3 is 1. The molecule has 0 radical (unpaired) electrons. The van der Waals surface area contributed by atoms with Gasteiger partial charge in [0, 0.05) is 19.0 Å². The van der Waals surface area contributed by atoms with Gasteiger partial charge < -0.3 is 29.5 Å². The summed E-state index contributed by atoms with van der Waals surface area (Å²) in [6.45, 7) is 4.15. The molecule has 0 spiro atoms. The normalized spacial score (nSPS) is 11.7. The summed E-state index contributed by atoms with van der Waals surface area (Å²) in [7, 11) is 1.40. The third-order valence-corrected chi connectivity index (χ3v) is 4.59. The van der Waals surface area contributed by atoms with Gasteiger partial charge in [-0.2, -0.15) is 0 Å². The Labute approximate surface area is 203 Å². The lowest BCUT2D eigenvalue weighted by Crippen LogP contribution is -2.33. The predicted octanol–water partition coefficient (Wildman–Crippen LogP) is 3.47. The van der Waals surface area contributed by atoms with Gasteiger partial charge in [0.25, 0.3) is 5.09 Å². The molecular formula is C23H32N2O10. The highest BCUT2D eigenvalue weighted by atomic mass is 16.9. The summed E-state index contributed by atoms with van der Waals surface area (Å²) in [4.78, 5) is 49.2. The Hall–Kier alpha value is -3.83. The van der Waals surface area contributed by atoms with Crippen molar-refractivity contribution in [1.29, 1.82) is 0 Å². The largest absolute Gasteiger partial charge is 0.493 e. The standard InChI is InChI=1S/C23H32N2O10/c1-16(2)12-18(14-21(26)27)15-24-23(29)35-19-8-6-17(13-20(19)32-3)7-9-22(28)33-10-4-5-11-34-25(30)31/h6-9,13,16,18H,4-5,10-12,14-15H2,1-3H3,(H,24,29)(H,26,27). The first-order chi connectivity index (χ1) is 16.6. The number of aliphatic carboxylic acids is 1. The van der Waals surface area contributed by atoms with Crippen molar-refractivity contribution < 1.29 is 43.6 Å². The van der Waals surface area contributed by atoms with Crippen LogP contribution in [0.15, 0.2) is 24.3 Å². The average Bonchev–Trinajstić information content (AvgIpc) is 2.78. The number of nitrogens with zero attached hydrogens (tertiary/aromatic N) is 1. The van der Waals surface area contributed by atoms with Gasteiger partial charge in [0.1, 0.15) is 0 Å². The molecule has 1 aromatic rings. The number of esters is 1. The summed E-state index contributed by atoms with van der Waals surface area (Å²) in [5.74, 6) is -1.04. The number of unbranched alkanes of at least 4 members (excludes halogenated alkanes) is 1. The maximum Gasteiger partial charge on any atom is 0.412 e. The zero-order valence-electron chi connectivity index (χ0n) is 20.1. The van der Waals surface area contributed by atoms with E-state index in [1.807, 2.05) is 13.8 Å². The van der Waals surface area contributed by atoms with E-state index in [-0.39, 0.29) is 49.5 Å². The number of hydrogen-bond donors (Lipinski definition) is 2. The molecule has 1 amide bonds. The number of hydrogen-bond acceptors (Lipinski definition) is 9. The first-order valence-corrected chi connectivity index (χ1v) is 11.1. The van der Waals surface area contributed by atoms with Crippen LogP contribution in [-0.2, 0) is 19.2 Å². The Morgan fingerprint density at radius 1 is 1.17 bits per heavy atom. The number of ether oxygens (including phenoxy) is 3. The molecule has 0 saturated carbocycles. The van der Waals surface area contributed by atoms with Gasteiger partial charge in [0.15, 0.2) is 11.5 Å². The lowest BCUT2D eigenvalue weighted by atomic mass is 9.94. The van der Waals surface area contributed by atoms with Crippen molar-refractivity contribution in [3.8, 4) is 11.5 Å². The van der Waals surface area contributed by atoms with Crippen LogP contribution >= 0.6 is 0 Å². The fourth-order valence-corrected chi connectivity index (χ4v) is 3.12. The van der Waals surface area contributed by atoms with Gasteiger partial charge in [-0.25, -0.2) is 9.59 Å². The zero-order valence-corrected chi connectivity index (χ0v) is 20.1. The van der Waals surface area contributed by atoms with Crippen LogP contribution < -0.4 is 14.8 Å². The maximum absolute atomic E-state index is 12.2. The van der Waals surface area contributed by atoms with Crippen LogP contribution in [0.5, 0.6) is 11.5 Å². The molecule has 12 heteroatoms. The van der Waals surface area contributed by atoms with E-state index in [9.17, 15) is 24.5 Å². The Morgan fingerprint density at radius 2 is 1.89 bits per heavy atom. The number of amides is 1. The van der Waals surface area contributed by atoms with Gasteiger partial charge >= 0.3 is 18.0 Å². The number of benzene rings is 1.